The van der Waals surface area contributed by atoms with Gasteiger partial charge in [-0.3, -0.25) is 9.88 Å². The Balaban J connectivity index is 1.65. The number of benzene rings is 2. The van der Waals surface area contributed by atoms with E-state index in [9.17, 15) is 9.59 Å². The number of carbonyl (C=O) groups is 2. The van der Waals surface area contributed by atoms with Crippen molar-refractivity contribution in [2.75, 3.05) is 25.6 Å². The molecule has 178 valence electrons. The smallest absolute Gasteiger partial charge is 0.324 e. The van der Waals surface area contributed by atoms with Crippen LogP contribution in [-0.2, 0) is 10.3 Å². The largest absolute Gasteiger partial charge is 0.493 e. The zero-order chi connectivity index (χ0) is 25.0. The van der Waals surface area contributed by atoms with Crippen LogP contribution in [-0.4, -0.2) is 42.9 Å². The Hall–Kier alpha value is -4.25. The maximum absolute atomic E-state index is 15.0. The van der Waals surface area contributed by atoms with Crippen molar-refractivity contribution in [3.05, 3.63) is 89.2 Å². The van der Waals surface area contributed by atoms with Crippen LogP contribution >= 0.6 is 0 Å². The molecular formula is C27H23F2N3O3. The molecule has 1 aliphatic rings. The molecular weight excluding hydrogens is 452 g/mol. The van der Waals surface area contributed by atoms with Crippen molar-refractivity contribution in [2.24, 2.45) is 0 Å². The predicted molar refractivity (Wildman–Crippen MR) is 127 cm³/mol. The third-order valence-electron chi connectivity index (χ3n) is 6.16. The molecule has 6 nitrogen and oxygen atoms in total. The molecule has 0 spiro atoms. The molecule has 2 heterocycles. The Morgan fingerprint density at radius 3 is 2.51 bits per heavy atom. The first-order valence-electron chi connectivity index (χ1n) is 11.0. The second-order valence-electron chi connectivity index (χ2n) is 8.18. The second kappa shape index (κ2) is 9.94. The van der Waals surface area contributed by atoms with Crippen molar-refractivity contribution in [2.45, 2.75) is 18.4 Å². The van der Waals surface area contributed by atoms with E-state index in [0.29, 0.717) is 29.9 Å². The van der Waals surface area contributed by atoms with Crippen molar-refractivity contribution in [1.29, 1.82) is 0 Å². The van der Waals surface area contributed by atoms with E-state index in [-0.39, 0.29) is 12.0 Å². The summed E-state index contributed by atoms with van der Waals surface area (Å²) in [6.45, 7) is 0.291. The third-order valence-corrected chi connectivity index (χ3v) is 6.16. The zero-order valence-corrected chi connectivity index (χ0v) is 19.3. The summed E-state index contributed by atoms with van der Waals surface area (Å²) in [5, 5.41) is 0. The number of aldehydes is 1. The number of amides is 2. The molecule has 0 saturated heterocycles. The average Bonchev–Trinajstić information content (AvgIpc) is 2.87. The lowest BCUT2D eigenvalue weighted by molar-refractivity contribution is -0.110. The zero-order valence-electron chi connectivity index (χ0n) is 19.3. The number of pyridine rings is 1. The van der Waals surface area contributed by atoms with Crippen LogP contribution in [0.2, 0.25) is 0 Å². The van der Waals surface area contributed by atoms with Crippen LogP contribution in [0.1, 0.15) is 29.5 Å². The number of hydrogen-bond donors (Lipinski definition) is 0. The molecule has 0 aliphatic carbocycles. The van der Waals surface area contributed by atoms with Gasteiger partial charge in [0.2, 0.25) is 0 Å². The third kappa shape index (κ3) is 4.58. The summed E-state index contributed by atoms with van der Waals surface area (Å²) in [6, 6.07) is 12.1. The number of urea groups is 1. The van der Waals surface area contributed by atoms with Gasteiger partial charge in [0.1, 0.15) is 17.7 Å². The molecule has 2 amide bonds. The minimum atomic E-state index is -1.01. The standard InChI is InChI=1S/C27H23F2N3O3/c1-31(25-22(28)16-20(17-23(25)29)10-9-19-6-5-13-30-18-19)26(34)32(2)27(11-14-33)12-15-35-24-8-4-3-7-21(24)27/h3-8,13-14,16-18H,11-12,15H2,1-2H3/t27-/m1/s1. The first kappa shape index (κ1) is 23.9. The lowest BCUT2D eigenvalue weighted by atomic mass is 9.80. The Morgan fingerprint density at radius 2 is 1.83 bits per heavy atom. The maximum atomic E-state index is 15.0. The fourth-order valence-electron chi connectivity index (χ4n) is 4.32. The SMILES string of the molecule is CN(C(=O)N(C)[C@]1(CC=O)CCOc2ccccc21)c1c(F)cc(C#Cc2cccnc2)cc1F. The number of ether oxygens (including phenoxy) is 1. The lowest BCUT2D eigenvalue weighted by Crippen LogP contribution is -2.54. The van der Waals surface area contributed by atoms with Crippen LogP contribution in [0, 0.1) is 23.5 Å². The summed E-state index contributed by atoms with van der Waals surface area (Å²) in [6.07, 6.45) is 4.24. The summed E-state index contributed by atoms with van der Waals surface area (Å²) in [7, 11) is 2.81. The number of aromatic nitrogens is 1. The number of fused-ring (bicyclic) bond motifs is 1. The molecule has 35 heavy (non-hydrogen) atoms. The maximum Gasteiger partial charge on any atom is 0.324 e. The van der Waals surface area contributed by atoms with Gasteiger partial charge >= 0.3 is 6.03 Å². The number of rotatable bonds is 4. The van der Waals surface area contributed by atoms with Crippen LogP contribution in [0.15, 0.2) is 60.9 Å². The number of halogens is 2. The molecule has 0 fully saturated rings. The number of hydrogen-bond acceptors (Lipinski definition) is 4. The molecule has 0 saturated carbocycles. The molecule has 3 aromatic rings. The van der Waals surface area contributed by atoms with Crippen molar-refractivity contribution in [3.63, 3.8) is 0 Å². The minimum Gasteiger partial charge on any atom is -0.493 e. The highest BCUT2D eigenvalue weighted by Crippen LogP contribution is 2.43. The molecule has 0 unspecified atom stereocenters. The summed E-state index contributed by atoms with van der Waals surface area (Å²) >= 11 is 0. The molecule has 1 aliphatic heterocycles. The van der Waals surface area contributed by atoms with Crippen LogP contribution in [0.5, 0.6) is 5.75 Å². The van der Waals surface area contributed by atoms with Gasteiger partial charge in [0.15, 0.2) is 11.6 Å². The highest BCUT2D eigenvalue weighted by atomic mass is 19.1. The normalized spacial score (nSPS) is 16.2. The molecule has 0 N–H and O–H groups in total. The Morgan fingerprint density at radius 1 is 1.11 bits per heavy atom. The Labute approximate surface area is 202 Å². The topological polar surface area (TPSA) is 62.7 Å². The van der Waals surface area contributed by atoms with Crippen molar-refractivity contribution < 1.29 is 23.1 Å². The highest BCUT2D eigenvalue weighted by Gasteiger charge is 2.44. The summed E-state index contributed by atoms with van der Waals surface area (Å²) in [5.41, 5.74) is -0.120. The number of nitrogens with zero attached hydrogens (tertiary/aromatic N) is 3. The van der Waals surface area contributed by atoms with E-state index in [1.807, 2.05) is 0 Å². The van der Waals surface area contributed by atoms with E-state index in [1.165, 1.54) is 19.0 Å². The minimum absolute atomic E-state index is 0.0112. The van der Waals surface area contributed by atoms with E-state index in [4.69, 9.17) is 4.74 Å². The molecule has 0 radical (unpaired) electrons. The fourth-order valence-corrected chi connectivity index (χ4v) is 4.32. The average molecular weight is 475 g/mol. The van der Waals surface area contributed by atoms with E-state index in [2.05, 4.69) is 16.8 Å². The van der Waals surface area contributed by atoms with Gasteiger partial charge in [0, 0.05) is 56.0 Å². The molecule has 0 bridgehead atoms. The van der Waals surface area contributed by atoms with Gasteiger partial charge in [0.05, 0.1) is 12.1 Å². The summed E-state index contributed by atoms with van der Waals surface area (Å²) in [4.78, 5) is 31.3. The molecule has 1 aromatic heterocycles. The van der Waals surface area contributed by atoms with E-state index in [1.54, 1.807) is 48.8 Å². The second-order valence-corrected chi connectivity index (χ2v) is 8.18. The van der Waals surface area contributed by atoms with Gasteiger partial charge in [-0.25, -0.2) is 13.6 Å². The number of para-hydroxylation sites is 1. The van der Waals surface area contributed by atoms with Crippen LogP contribution in [0.25, 0.3) is 0 Å². The molecule has 4 rings (SSSR count). The van der Waals surface area contributed by atoms with Crippen LogP contribution < -0.4 is 9.64 Å². The van der Waals surface area contributed by atoms with E-state index < -0.39 is 28.9 Å². The Kier molecular flexibility index (Phi) is 6.78. The summed E-state index contributed by atoms with van der Waals surface area (Å²) in [5.74, 6) is 4.21. The monoisotopic (exact) mass is 475 g/mol. The number of anilines is 1. The van der Waals surface area contributed by atoms with Gasteiger partial charge in [-0.15, -0.1) is 0 Å². The molecule has 2 aromatic carbocycles. The van der Waals surface area contributed by atoms with Crippen LogP contribution in [0.3, 0.4) is 0 Å². The van der Waals surface area contributed by atoms with Crippen molar-refractivity contribution in [3.8, 4) is 17.6 Å². The predicted octanol–water partition coefficient (Wildman–Crippen LogP) is 4.51. The highest BCUT2D eigenvalue weighted by molar-refractivity contribution is 5.92. The molecule has 1 atom stereocenters. The quantitative estimate of drug-likeness (QED) is 0.411. The van der Waals surface area contributed by atoms with E-state index >= 15 is 8.78 Å². The van der Waals surface area contributed by atoms with Gasteiger partial charge in [0.25, 0.3) is 0 Å². The van der Waals surface area contributed by atoms with Crippen LogP contribution in [0.4, 0.5) is 19.3 Å². The van der Waals surface area contributed by atoms with Gasteiger partial charge in [-0.05, 0) is 30.3 Å². The number of carbonyl (C=O) groups excluding carboxylic acids is 2. The fraction of sp³-hybridized carbons (Fsp3) is 0.222. The van der Waals surface area contributed by atoms with Crippen molar-refractivity contribution in [1.82, 2.24) is 9.88 Å². The lowest BCUT2D eigenvalue weighted by Gasteiger charge is -2.45. The summed E-state index contributed by atoms with van der Waals surface area (Å²) < 4.78 is 35.8. The van der Waals surface area contributed by atoms with Gasteiger partial charge in [-0.1, -0.05) is 30.0 Å². The van der Waals surface area contributed by atoms with Gasteiger partial charge in [-0.2, -0.15) is 0 Å². The molecule has 8 heteroatoms. The first-order chi connectivity index (χ1) is 16.9. The Bertz CT molecular complexity index is 1300. The first-order valence-corrected chi connectivity index (χ1v) is 11.0. The van der Waals surface area contributed by atoms with Crippen molar-refractivity contribution >= 4 is 18.0 Å². The van der Waals surface area contributed by atoms with Gasteiger partial charge < -0.3 is 14.4 Å². The van der Waals surface area contributed by atoms with E-state index in [0.717, 1.165) is 23.3 Å².